The van der Waals surface area contributed by atoms with Crippen LogP contribution in [0.5, 0.6) is 0 Å². The van der Waals surface area contributed by atoms with Gasteiger partial charge >= 0.3 is 6.03 Å². The van der Waals surface area contributed by atoms with E-state index in [4.69, 9.17) is 0 Å². The van der Waals surface area contributed by atoms with Crippen molar-refractivity contribution in [1.29, 1.82) is 0 Å². The van der Waals surface area contributed by atoms with Crippen molar-refractivity contribution in [1.82, 2.24) is 10.2 Å². The molecule has 1 saturated heterocycles. The Morgan fingerprint density at radius 3 is 2.46 bits per heavy atom. The van der Waals surface area contributed by atoms with Crippen molar-refractivity contribution >= 4 is 23.3 Å². The number of hydrogen-bond acceptors (Lipinski definition) is 3. The highest BCUT2D eigenvalue weighted by molar-refractivity contribution is 5.92. The van der Waals surface area contributed by atoms with Gasteiger partial charge in [-0.25, -0.2) is 9.18 Å². The number of nitrogens with one attached hydrogen (secondary N) is 3. The molecule has 7 heteroatoms. The van der Waals surface area contributed by atoms with Crippen LogP contribution in [0, 0.1) is 5.82 Å². The van der Waals surface area contributed by atoms with Crippen molar-refractivity contribution in [2.24, 2.45) is 0 Å². The Bertz CT molecular complexity index is 625. The first-order chi connectivity index (χ1) is 11.5. The summed E-state index contributed by atoms with van der Waals surface area (Å²) in [5.41, 5.74) is 0.492. The van der Waals surface area contributed by atoms with Gasteiger partial charge < -0.3 is 20.9 Å². The van der Waals surface area contributed by atoms with Gasteiger partial charge in [0.1, 0.15) is 5.82 Å². The van der Waals surface area contributed by atoms with Gasteiger partial charge in [0.25, 0.3) is 0 Å². The van der Waals surface area contributed by atoms with Crippen LogP contribution in [-0.4, -0.2) is 42.0 Å². The summed E-state index contributed by atoms with van der Waals surface area (Å²) in [5, 5.41) is 8.00. The Morgan fingerprint density at radius 1 is 1.12 bits per heavy atom. The number of amides is 3. The molecule has 1 aliphatic carbocycles. The van der Waals surface area contributed by atoms with Gasteiger partial charge in [-0.3, -0.25) is 4.79 Å². The Morgan fingerprint density at radius 2 is 1.83 bits per heavy atom. The van der Waals surface area contributed by atoms with Crippen LogP contribution >= 0.6 is 0 Å². The minimum absolute atomic E-state index is 0.0502. The van der Waals surface area contributed by atoms with Crippen LogP contribution in [0.1, 0.15) is 32.6 Å². The summed E-state index contributed by atoms with van der Waals surface area (Å²) in [6.45, 7) is 3.38. The van der Waals surface area contributed by atoms with Gasteiger partial charge in [-0.05, 0) is 43.9 Å². The first kappa shape index (κ1) is 16.7. The molecule has 3 amide bonds. The minimum Gasteiger partial charge on any atom is -0.335 e. The molecule has 2 fully saturated rings. The number of hydrogen-bond donors (Lipinski definition) is 3. The molecule has 1 aromatic carbocycles. The maximum Gasteiger partial charge on any atom is 0.319 e. The lowest BCUT2D eigenvalue weighted by atomic mass is 10.1. The number of anilines is 2. The molecule has 0 unspecified atom stereocenters. The van der Waals surface area contributed by atoms with Crippen molar-refractivity contribution in [3.05, 3.63) is 24.0 Å². The number of nitrogens with zero attached hydrogens (tertiary/aromatic N) is 1. The fourth-order valence-electron chi connectivity index (χ4n) is 3.09. The molecule has 1 aromatic rings. The summed E-state index contributed by atoms with van der Waals surface area (Å²) < 4.78 is 13.8. The standard InChI is InChI=1S/C17H23FN4O2/c1-11(23)19-13-2-5-15(18)16(10-13)21-17(24)20-12-6-8-22(9-7-12)14-3-4-14/h2,5,10,12,14H,3-4,6-9H2,1H3,(H,19,23)(H2,20,21,24). The van der Waals surface area contributed by atoms with E-state index in [1.54, 1.807) is 0 Å². The van der Waals surface area contributed by atoms with Gasteiger partial charge in [-0.1, -0.05) is 0 Å². The maximum atomic E-state index is 13.8. The van der Waals surface area contributed by atoms with Gasteiger partial charge in [0, 0.05) is 37.8 Å². The summed E-state index contributed by atoms with van der Waals surface area (Å²) >= 11 is 0. The largest absolute Gasteiger partial charge is 0.335 e. The lowest BCUT2D eigenvalue weighted by molar-refractivity contribution is -0.114. The molecule has 2 aliphatic rings. The molecule has 24 heavy (non-hydrogen) atoms. The molecule has 130 valence electrons. The van der Waals surface area contributed by atoms with Crippen LogP contribution in [0.3, 0.4) is 0 Å². The lowest BCUT2D eigenvalue weighted by Crippen LogP contribution is -2.46. The molecule has 1 heterocycles. The molecule has 1 saturated carbocycles. The smallest absolute Gasteiger partial charge is 0.319 e. The summed E-state index contributed by atoms with van der Waals surface area (Å²) in [6.07, 6.45) is 4.42. The van der Waals surface area contributed by atoms with Gasteiger partial charge in [-0.15, -0.1) is 0 Å². The topological polar surface area (TPSA) is 73.5 Å². The van der Waals surface area contributed by atoms with Crippen LogP contribution in [0.4, 0.5) is 20.6 Å². The Balaban J connectivity index is 1.52. The Labute approximate surface area is 140 Å². The number of benzene rings is 1. The second-order valence-electron chi connectivity index (χ2n) is 6.52. The quantitative estimate of drug-likeness (QED) is 0.792. The number of rotatable bonds is 4. The van der Waals surface area contributed by atoms with Crippen molar-refractivity contribution in [3.63, 3.8) is 0 Å². The van der Waals surface area contributed by atoms with Crippen LogP contribution in [0.15, 0.2) is 18.2 Å². The van der Waals surface area contributed by atoms with Crippen molar-refractivity contribution in [3.8, 4) is 0 Å². The van der Waals surface area contributed by atoms with Crippen molar-refractivity contribution in [2.75, 3.05) is 23.7 Å². The highest BCUT2D eigenvalue weighted by atomic mass is 19.1. The molecule has 3 N–H and O–H groups in total. The van der Waals surface area contributed by atoms with E-state index in [1.807, 2.05) is 0 Å². The van der Waals surface area contributed by atoms with Gasteiger partial charge in [0.05, 0.1) is 5.69 Å². The van der Waals surface area contributed by atoms with Crippen LogP contribution in [0.25, 0.3) is 0 Å². The SMILES string of the molecule is CC(=O)Nc1ccc(F)c(NC(=O)NC2CCN(C3CC3)CC2)c1. The molecule has 0 aromatic heterocycles. The second-order valence-corrected chi connectivity index (χ2v) is 6.52. The molecule has 0 radical (unpaired) electrons. The first-order valence-corrected chi connectivity index (χ1v) is 8.40. The summed E-state index contributed by atoms with van der Waals surface area (Å²) in [4.78, 5) is 25.6. The van der Waals surface area contributed by atoms with Crippen LogP contribution in [0.2, 0.25) is 0 Å². The van der Waals surface area contributed by atoms with E-state index in [0.29, 0.717) is 5.69 Å². The molecule has 0 bridgehead atoms. The van der Waals surface area contributed by atoms with E-state index in [9.17, 15) is 14.0 Å². The van der Waals surface area contributed by atoms with Gasteiger partial charge in [0.15, 0.2) is 0 Å². The third-order valence-electron chi connectivity index (χ3n) is 4.46. The van der Waals surface area contributed by atoms with Crippen LogP contribution in [-0.2, 0) is 4.79 Å². The molecule has 3 rings (SSSR count). The number of carbonyl (C=O) groups is 2. The second kappa shape index (κ2) is 7.17. The normalized spacial score (nSPS) is 18.9. The summed E-state index contributed by atoms with van der Waals surface area (Å²) in [7, 11) is 0. The highest BCUT2D eigenvalue weighted by Crippen LogP contribution is 2.29. The molecule has 1 aliphatic heterocycles. The van der Waals surface area contributed by atoms with E-state index in [0.717, 1.165) is 32.0 Å². The van der Waals surface area contributed by atoms with E-state index in [1.165, 1.54) is 38.0 Å². The first-order valence-electron chi connectivity index (χ1n) is 8.40. The predicted octanol–water partition coefficient (Wildman–Crippen LogP) is 2.53. The van der Waals surface area contributed by atoms with Gasteiger partial charge in [0.2, 0.25) is 5.91 Å². The molecule has 0 atom stereocenters. The number of carbonyl (C=O) groups excluding carboxylic acids is 2. The predicted molar refractivity (Wildman–Crippen MR) is 90.5 cm³/mol. The average molecular weight is 334 g/mol. The highest BCUT2D eigenvalue weighted by Gasteiger charge is 2.32. The molecule has 0 spiro atoms. The van der Waals surface area contributed by atoms with E-state index < -0.39 is 11.8 Å². The van der Waals surface area contributed by atoms with E-state index in [2.05, 4.69) is 20.9 Å². The molecule has 6 nitrogen and oxygen atoms in total. The number of piperidine rings is 1. The molecular weight excluding hydrogens is 311 g/mol. The fraction of sp³-hybridized carbons (Fsp3) is 0.529. The Kier molecular flexibility index (Phi) is 4.99. The monoisotopic (exact) mass is 334 g/mol. The van der Waals surface area contributed by atoms with Crippen LogP contribution < -0.4 is 16.0 Å². The fourth-order valence-corrected chi connectivity index (χ4v) is 3.09. The van der Waals surface area contributed by atoms with E-state index in [-0.39, 0.29) is 17.6 Å². The zero-order valence-electron chi connectivity index (χ0n) is 13.8. The summed E-state index contributed by atoms with van der Waals surface area (Å²) in [5.74, 6) is -0.790. The third kappa shape index (κ3) is 4.44. The van der Waals surface area contributed by atoms with E-state index >= 15 is 0 Å². The van der Waals surface area contributed by atoms with Crippen molar-refractivity contribution in [2.45, 2.75) is 44.7 Å². The zero-order chi connectivity index (χ0) is 17.1. The third-order valence-corrected chi connectivity index (χ3v) is 4.46. The number of halogens is 1. The number of likely N-dealkylation sites (tertiary alicyclic amines) is 1. The Hall–Kier alpha value is -2.15. The maximum absolute atomic E-state index is 13.8. The van der Waals surface area contributed by atoms with Gasteiger partial charge in [-0.2, -0.15) is 0 Å². The lowest BCUT2D eigenvalue weighted by Gasteiger charge is -2.32. The zero-order valence-corrected chi connectivity index (χ0v) is 13.8. The number of urea groups is 1. The summed E-state index contributed by atoms with van der Waals surface area (Å²) in [6, 6.07) is 4.53. The minimum atomic E-state index is -0.539. The average Bonchev–Trinajstić information content (AvgIpc) is 3.35. The molecular formula is C17H23FN4O2. The van der Waals surface area contributed by atoms with Crippen molar-refractivity contribution < 1.29 is 14.0 Å².